The molecule has 0 spiro atoms. The Bertz CT molecular complexity index is 2330. The van der Waals surface area contributed by atoms with Gasteiger partial charge in [0.25, 0.3) is 0 Å². The highest BCUT2D eigenvalue weighted by atomic mass is 16.5. The van der Waals surface area contributed by atoms with Crippen molar-refractivity contribution in [3.63, 3.8) is 0 Å². The highest BCUT2D eigenvalue weighted by molar-refractivity contribution is 5.95. The average Bonchev–Trinajstić information content (AvgIpc) is 3.97. The quantitative estimate of drug-likeness (QED) is 0.142. The highest BCUT2D eigenvalue weighted by Crippen LogP contribution is 2.40. The van der Waals surface area contributed by atoms with Gasteiger partial charge >= 0.3 is 5.97 Å². The second-order valence-corrected chi connectivity index (χ2v) is 18.8. The van der Waals surface area contributed by atoms with Gasteiger partial charge < -0.3 is 29.2 Å². The van der Waals surface area contributed by atoms with Crippen LogP contribution in [0.1, 0.15) is 65.0 Å². The third-order valence-electron chi connectivity index (χ3n) is 12.8. The first kappa shape index (κ1) is 44.6. The first-order valence-corrected chi connectivity index (χ1v) is 22.2. The SMILES string of the molecule is C=CC(=O)N1CC[C@H](CN(C)[C@H](C(=O)NC[C@H]2Cc3cc(O)cc(c3)-c3ccc4c(c3)c(c(-c3cn(C)cn3)n4CC)CC(C)(C)COC(=O)[C@@H]3CCCN(N3)C2=O)C(C)C)C1. The molecule has 5 heterocycles. The van der Waals surface area contributed by atoms with E-state index in [1.807, 2.05) is 44.8 Å². The molecule has 3 aliphatic rings. The van der Waals surface area contributed by atoms with Gasteiger partial charge in [0.05, 0.1) is 30.6 Å². The number of imidazole rings is 1. The van der Waals surface area contributed by atoms with Gasteiger partial charge in [-0.3, -0.25) is 29.1 Å². The fraction of sp³-hybridized carbons (Fsp3) is 0.521. The van der Waals surface area contributed by atoms with Crippen LogP contribution in [0.15, 0.2) is 61.6 Å². The Morgan fingerprint density at radius 3 is 2.63 bits per heavy atom. The zero-order valence-corrected chi connectivity index (χ0v) is 37.4. The fourth-order valence-corrected chi connectivity index (χ4v) is 9.83. The number of nitrogens with one attached hydrogen (secondary N) is 2. The first-order valence-electron chi connectivity index (χ1n) is 22.2. The minimum absolute atomic E-state index is 0.0328. The summed E-state index contributed by atoms with van der Waals surface area (Å²) in [6.07, 6.45) is 7.96. The number of likely N-dealkylation sites (tertiary alicyclic amines) is 1. The average molecular weight is 849 g/mol. The predicted octanol–water partition coefficient (Wildman–Crippen LogP) is 5.32. The summed E-state index contributed by atoms with van der Waals surface area (Å²) in [4.78, 5) is 63.4. The van der Waals surface area contributed by atoms with Crippen LogP contribution in [0.2, 0.25) is 0 Å². The molecular formula is C48H64N8O6. The molecule has 0 saturated carbocycles. The molecule has 4 atom stereocenters. The van der Waals surface area contributed by atoms with Gasteiger partial charge in [0, 0.05) is 68.8 Å². The largest absolute Gasteiger partial charge is 0.508 e. The molecular weight excluding hydrogens is 785 g/mol. The molecule has 2 fully saturated rings. The Labute approximate surface area is 365 Å². The molecule has 6 bridgehead atoms. The smallest absolute Gasteiger partial charge is 0.324 e. The van der Waals surface area contributed by atoms with Crippen LogP contribution in [-0.2, 0) is 50.3 Å². The van der Waals surface area contributed by atoms with E-state index in [1.54, 1.807) is 23.4 Å². The van der Waals surface area contributed by atoms with Gasteiger partial charge in [-0.1, -0.05) is 46.4 Å². The lowest BCUT2D eigenvalue weighted by atomic mass is 9.84. The maximum absolute atomic E-state index is 14.6. The van der Waals surface area contributed by atoms with E-state index in [9.17, 15) is 24.3 Å². The van der Waals surface area contributed by atoms with Crippen LogP contribution in [0.5, 0.6) is 5.75 Å². The number of aromatic nitrogens is 3. The van der Waals surface area contributed by atoms with Crippen molar-refractivity contribution in [2.45, 2.75) is 85.4 Å². The number of aryl methyl sites for hydroxylation is 2. The zero-order chi connectivity index (χ0) is 44.5. The number of hydrogen-bond acceptors (Lipinski definition) is 9. The Kier molecular flexibility index (Phi) is 13.3. The lowest BCUT2D eigenvalue weighted by Crippen LogP contribution is -2.58. The van der Waals surface area contributed by atoms with Gasteiger partial charge in [-0.2, -0.15) is 0 Å². The first-order chi connectivity index (χ1) is 29.5. The molecule has 2 saturated heterocycles. The zero-order valence-electron chi connectivity index (χ0n) is 37.4. The van der Waals surface area contributed by atoms with Crippen molar-refractivity contribution in [3.05, 3.63) is 72.7 Å². The van der Waals surface area contributed by atoms with E-state index in [4.69, 9.17) is 9.72 Å². The predicted molar refractivity (Wildman–Crippen MR) is 240 cm³/mol. The van der Waals surface area contributed by atoms with Crippen molar-refractivity contribution in [3.8, 4) is 28.3 Å². The Morgan fingerprint density at radius 1 is 1.13 bits per heavy atom. The molecule has 0 unspecified atom stereocenters. The molecule has 4 aromatic rings. The van der Waals surface area contributed by atoms with Crippen molar-refractivity contribution in [1.29, 1.82) is 0 Å². The van der Waals surface area contributed by atoms with E-state index in [2.05, 4.69) is 65.8 Å². The van der Waals surface area contributed by atoms with E-state index < -0.39 is 29.4 Å². The number of ether oxygens (including phenoxy) is 1. The second kappa shape index (κ2) is 18.5. The standard InChI is InChI=1S/C48H64N8O6/c1-9-42(58)54-17-15-31(26-54)25-53(8)43(30(3)4)45(59)49-24-35-19-32-18-34(21-36(57)20-32)33-13-14-41-37(22-33)38(44(55(41)10-2)40-27-52(7)29-50-40)23-48(5,6)28-62-47(61)39-12-11-16-56(51-39)46(35)60/h9,13-14,18,20-22,27,29-31,35,39,43,51,57H,1,10-12,15-17,19,23-26,28H2,2-8H3,(H,49,59)/t31-,35-,39+,43+/m1/s1. The number of carbonyl (C=O) groups excluding carboxylic acids is 4. The summed E-state index contributed by atoms with van der Waals surface area (Å²) in [6, 6.07) is 10.6. The number of rotatable bonds is 10. The summed E-state index contributed by atoms with van der Waals surface area (Å²) >= 11 is 0. The van der Waals surface area contributed by atoms with Crippen LogP contribution in [0.4, 0.5) is 0 Å². The van der Waals surface area contributed by atoms with E-state index in [0.29, 0.717) is 45.4 Å². The van der Waals surface area contributed by atoms with Crippen molar-refractivity contribution in [1.82, 2.24) is 39.7 Å². The van der Waals surface area contributed by atoms with Crippen LogP contribution in [-0.4, -0.2) is 116 Å². The molecule has 3 amide bonds. The van der Waals surface area contributed by atoms with Crippen LogP contribution in [0.3, 0.4) is 0 Å². The van der Waals surface area contributed by atoms with Crippen molar-refractivity contribution in [2.24, 2.45) is 30.2 Å². The Balaban J connectivity index is 1.23. The number of fused-ring (bicyclic) bond motifs is 6. The lowest BCUT2D eigenvalue weighted by molar-refractivity contribution is -0.155. The highest BCUT2D eigenvalue weighted by Gasteiger charge is 2.36. The molecule has 3 N–H and O–H groups in total. The summed E-state index contributed by atoms with van der Waals surface area (Å²) in [6.45, 7) is 17.2. The Hall–Kier alpha value is -5.47. The summed E-state index contributed by atoms with van der Waals surface area (Å²) in [5, 5.41) is 16.9. The summed E-state index contributed by atoms with van der Waals surface area (Å²) in [7, 11) is 3.90. The molecule has 0 radical (unpaired) electrons. The van der Waals surface area contributed by atoms with Gasteiger partial charge in [0.1, 0.15) is 17.5 Å². The number of phenolic OH excluding ortho intramolecular Hbond substituents is 1. The van der Waals surface area contributed by atoms with Crippen molar-refractivity contribution in [2.75, 3.05) is 46.4 Å². The Morgan fingerprint density at radius 2 is 1.92 bits per heavy atom. The molecule has 2 aromatic carbocycles. The van der Waals surface area contributed by atoms with E-state index in [1.165, 1.54) is 11.1 Å². The molecule has 14 heteroatoms. The fourth-order valence-electron chi connectivity index (χ4n) is 9.83. The molecule has 7 rings (SSSR count). The van der Waals surface area contributed by atoms with Crippen LogP contribution < -0.4 is 10.7 Å². The van der Waals surface area contributed by atoms with Crippen LogP contribution in [0, 0.1) is 23.2 Å². The van der Waals surface area contributed by atoms with Gasteiger partial charge in [-0.15, -0.1) is 0 Å². The van der Waals surface area contributed by atoms with E-state index >= 15 is 0 Å². The summed E-state index contributed by atoms with van der Waals surface area (Å²) in [5.74, 6) is -1.40. The lowest BCUT2D eigenvalue weighted by Gasteiger charge is -2.36. The number of benzene rings is 2. The maximum Gasteiger partial charge on any atom is 0.324 e. The maximum atomic E-state index is 14.6. The number of amides is 3. The topological polar surface area (TPSA) is 154 Å². The molecule has 2 aromatic heterocycles. The molecule has 14 nitrogen and oxygen atoms in total. The second-order valence-electron chi connectivity index (χ2n) is 18.8. The van der Waals surface area contributed by atoms with Gasteiger partial charge in [-0.25, -0.2) is 10.4 Å². The number of phenols is 1. The monoisotopic (exact) mass is 848 g/mol. The van der Waals surface area contributed by atoms with E-state index in [-0.39, 0.29) is 54.9 Å². The molecule has 0 aliphatic carbocycles. The van der Waals surface area contributed by atoms with Crippen molar-refractivity contribution < 1.29 is 29.0 Å². The van der Waals surface area contributed by atoms with Crippen LogP contribution in [0.25, 0.3) is 33.4 Å². The number of likely N-dealkylation sites (N-methyl/N-ethyl adjacent to an activating group) is 1. The van der Waals surface area contributed by atoms with Gasteiger partial charge in [0.2, 0.25) is 17.7 Å². The van der Waals surface area contributed by atoms with Crippen LogP contribution >= 0.6 is 0 Å². The normalized spacial score (nSPS) is 21.3. The number of hydrazine groups is 1. The minimum Gasteiger partial charge on any atom is -0.508 e. The number of carbonyl (C=O) groups is 4. The minimum atomic E-state index is -0.728. The van der Waals surface area contributed by atoms with Crippen molar-refractivity contribution >= 4 is 34.6 Å². The van der Waals surface area contributed by atoms with Gasteiger partial charge in [-0.05, 0) is 111 Å². The molecule has 3 aliphatic heterocycles. The van der Waals surface area contributed by atoms with E-state index in [0.717, 1.165) is 57.5 Å². The molecule has 332 valence electrons. The number of cyclic esters (lactones) is 1. The molecule has 62 heavy (non-hydrogen) atoms. The number of aromatic hydroxyl groups is 1. The third-order valence-corrected chi connectivity index (χ3v) is 12.8. The third kappa shape index (κ3) is 9.61. The summed E-state index contributed by atoms with van der Waals surface area (Å²) < 4.78 is 10.3. The number of nitrogens with zero attached hydrogens (tertiary/aromatic N) is 6. The van der Waals surface area contributed by atoms with Gasteiger partial charge in [0.15, 0.2) is 0 Å². The number of esters is 1. The summed E-state index contributed by atoms with van der Waals surface area (Å²) in [5.41, 5.74) is 9.21. The number of hydrogen-bond donors (Lipinski definition) is 3.